The third-order valence-electron chi connectivity index (χ3n) is 1.66. The Morgan fingerprint density at radius 2 is 1.72 bits per heavy atom. The van der Waals surface area contributed by atoms with Crippen LogP contribution in [-0.4, -0.2) is 13.5 Å². The van der Waals surface area contributed by atoms with Crippen LogP contribution in [0.25, 0.3) is 0 Å². The summed E-state index contributed by atoms with van der Waals surface area (Å²) in [6, 6.07) is 4.66. The Balaban J connectivity index is 0. The summed E-state index contributed by atoms with van der Waals surface area (Å²) in [5.41, 5.74) is 1.07. The van der Waals surface area contributed by atoms with Crippen LogP contribution in [0.5, 0.6) is 0 Å². The molecule has 4 nitrogen and oxygen atoms in total. The largest absolute Gasteiger partial charge is 0.392 e. The second-order valence-electron chi connectivity index (χ2n) is 2.89. The molecular weight excluding hydrogens is 274 g/mol. The van der Waals surface area contributed by atoms with E-state index in [2.05, 4.69) is 0 Å². The zero-order valence-electron chi connectivity index (χ0n) is 11.3. The van der Waals surface area contributed by atoms with E-state index in [1.807, 2.05) is 27.7 Å². The summed E-state index contributed by atoms with van der Waals surface area (Å²) in [4.78, 5) is 0. The van der Waals surface area contributed by atoms with Gasteiger partial charge in [-0.1, -0.05) is 51.4 Å². The number of nitrogens with two attached hydrogens (primary N) is 1. The normalized spacial score (nSPS) is 9.72. The fourth-order valence-electron chi connectivity index (χ4n) is 1.02. The zero-order chi connectivity index (χ0) is 14.8. The summed E-state index contributed by atoms with van der Waals surface area (Å²) in [7, 11) is -3.57. The molecule has 0 aliphatic carbocycles. The molecule has 0 aliphatic heterocycles. The number of aliphatic hydroxyl groups excluding tert-OH is 1. The van der Waals surface area contributed by atoms with Crippen LogP contribution < -0.4 is 5.14 Å². The van der Waals surface area contributed by atoms with Gasteiger partial charge in [0, 0.05) is 5.02 Å². The lowest BCUT2D eigenvalue weighted by molar-refractivity contribution is 0.282. The standard InChI is InChI=1S/C8H10ClNO3S.2C2H6/c9-8-3-6(4-11)1-2-7(8)5-14(10,12)13;2*1-2/h1-3,11H,4-5H2,(H2,10,12,13);2*1-2H3. The molecule has 1 aromatic rings. The van der Waals surface area contributed by atoms with Crippen molar-refractivity contribution in [3.05, 3.63) is 34.3 Å². The molecule has 106 valence electrons. The first-order valence-electron chi connectivity index (χ1n) is 5.81. The van der Waals surface area contributed by atoms with Gasteiger partial charge in [0.1, 0.15) is 0 Å². The molecule has 0 unspecified atom stereocenters. The molecule has 0 bridgehead atoms. The van der Waals surface area contributed by atoms with Crippen LogP contribution in [0.15, 0.2) is 18.2 Å². The number of hydrogen-bond donors (Lipinski definition) is 2. The number of sulfonamides is 1. The first-order valence-corrected chi connectivity index (χ1v) is 7.90. The Morgan fingerprint density at radius 1 is 1.22 bits per heavy atom. The van der Waals surface area contributed by atoms with Gasteiger partial charge in [0.2, 0.25) is 10.0 Å². The van der Waals surface area contributed by atoms with Crippen molar-refractivity contribution in [3.63, 3.8) is 0 Å². The van der Waals surface area contributed by atoms with Crippen molar-refractivity contribution in [2.45, 2.75) is 40.1 Å². The lowest BCUT2D eigenvalue weighted by Crippen LogP contribution is -2.14. The van der Waals surface area contributed by atoms with Gasteiger partial charge in [-0.15, -0.1) is 0 Å². The van der Waals surface area contributed by atoms with Gasteiger partial charge in [-0.3, -0.25) is 0 Å². The van der Waals surface area contributed by atoms with E-state index in [0.717, 1.165) is 0 Å². The average Bonchev–Trinajstić information content (AvgIpc) is 2.35. The molecule has 0 aliphatic rings. The minimum atomic E-state index is -3.57. The smallest absolute Gasteiger partial charge is 0.213 e. The highest BCUT2D eigenvalue weighted by molar-refractivity contribution is 7.88. The van der Waals surface area contributed by atoms with E-state index in [1.165, 1.54) is 12.1 Å². The SMILES string of the molecule is CC.CC.NS(=O)(=O)Cc1ccc(CO)cc1Cl. The van der Waals surface area contributed by atoms with E-state index >= 15 is 0 Å². The van der Waals surface area contributed by atoms with Gasteiger partial charge in [-0.05, 0) is 17.2 Å². The molecular formula is C12H22ClNO3S. The molecule has 0 spiro atoms. The topological polar surface area (TPSA) is 80.4 Å². The zero-order valence-corrected chi connectivity index (χ0v) is 12.8. The molecule has 0 saturated carbocycles. The number of hydrogen-bond acceptors (Lipinski definition) is 3. The summed E-state index contributed by atoms with van der Waals surface area (Å²) in [6.45, 7) is 7.87. The van der Waals surface area contributed by atoms with E-state index in [4.69, 9.17) is 21.8 Å². The van der Waals surface area contributed by atoms with Crippen LogP contribution in [0.4, 0.5) is 0 Å². The molecule has 0 saturated heterocycles. The van der Waals surface area contributed by atoms with Crippen LogP contribution >= 0.6 is 11.6 Å². The monoisotopic (exact) mass is 295 g/mol. The summed E-state index contributed by atoms with van der Waals surface area (Å²) < 4.78 is 21.6. The maximum absolute atomic E-state index is 10.8. The second-order valence-corrected chi connectivity index (χ2v) is 4.91. The number of aliphatic hydroxyl groups is 1. The van der Waals surface area contributed by atoms with Gasteiger partial charge in [0.05, 0.1) is 12.4 Å². The Labute approximate surface area is 115 Å². The second kappa shape index (κ2) is 10.3. The quantitative estimate of drug-likeness (QED) is 0.899. The summed E-state index contributed by atoms with van der Waals surface area (Å²) in [5.74, 6) is -0.294. The van der Waals surface area contributed by atoms with Crippen LogP contribution in [0.1, 0.15) is 38.8 Å². The van der Waals surface area contributed by atoms with Crippen LogP contribution in [0.2, 0.25) is 5.02 Å². The van der Waals surface area contributed by atoms with Crippen molar-refractivity contribution in [2.75, 3.05) is 0 Å². The molecule has 0 heterocycles. The number of primary sulfonamides is 1. The van der Waals surface area contributed by atoms with Crippen LogP contribution in [0.3, 0.4) is 0 Å². The lowest BCUT2D eigenvalue weighted by Gasteiger charge is -2.04. The number of benzene rings is 1. The van der Waals surface area contributed by atoms with Gasteiger partial charge in [-0.25, -0.2) is 13.6 Å². The van der Waals surface area contributed by atoms with E-state index in [9.17, 15) is 8.42 Å². The predicted molar refractivity (Wildman–Crippen MR) is 76.9 cm³/mol. The Hall–Kier alpha value is -0.620. The average molecular weight is 296 g/mol. The molecule has 0 aromatic heterocycles. The van der Waals surface area contributed by atoms with Crippen molar-refractivity contribution in [3.8, 4) is 0 Å². The van der Waals surface area contributed by atoms with Gasteiger partial charge in [-0.2, -0.15) is 0 Å². The van der Waals surface area contributed by atoms with Crippen LogP contribution in [0, 0.1) is 0 Å². The fraction of sp³-hybridized carbons (Fsp3) is 0.500. The lowest BCUT2D eigenvalue weighted by atomic mass is 10.2. The van der Waals surface area contributed by atoms with Crippen molar-refractivity contribution >= 4 is 21.6 Å². The minimum Gasteiger partial charge on any atom is -0.392 e. The molecule has 1 aromatic carbocycles. The number of rotatable bonds is 3. The summed E-state index contributed by atoms with van der Waals surface area (Å²) in [6.07, 6.45) is 0. The molecule has 0 amide bonds. The Morgan fingerprint density at radius 3 is 2.06 bits per heavy atom. The maximum atomic E-state index is 10.8. The Bertz CT molecular complexity index is 433. The molecule has 0 atom stereocenters. The fourth-order valence-corrected chi connectivity index (χ4v) is 2.06. The molecule has 6 heteroatoms. The molecule has 0 fully saturated rings. The van der Waals surface area contributed by atoms with Gasteiger partial charge in [0.15, 0.2) is 0 Å². The van der Waals surface area contributed by atoms with E-state index in [0.29, 0.717) is 16.1 Å². The first-order chi connectivity index (χ1) is 8.42. The highest BCUT2D eigenvalue weighted by Crippen LogP contribution is 2.19. The van der Waals surface area contributed by atoms with Crippen molar-refractivity contribution in [2.24, 2.45) is 5.14 Å². The molecule has 3 N–H and O–H groups in total. The van der Waals surface area contributed by atoms with Crippen molar-refractivity contribution < 1.29 is 13.5 Å². The van der Waals surface area contributed by atoms with E-state index in [-0.39, 0.29) is 12.4 Å². The van der Waals surface area contributed by atoms with Gasteiger partial charge < -0.3 is 5.11 Å². The Kier molecular flexibility index (Phi) is 11.3. The van der Waals surface area contributed by atoms with Crippen molar-refractivity contribution in [1.29, 1.82) is 0 Å². The summed E-state index contributed by atoms with van der Waals surface area (Å²) >= 11 is 5.78. The molecule has 1 rings (SSSR count). The number of halogens is 1. The van der Waals surface area contributed by atoms with E-state index in [1.54, 1.807) is 6.07 Å². The molecule has 18 heavy (non-hydrogen) atoms. The van der Waals surface area contributed by atoms with Crippen molar-refractivity contribution in [1.82, 2.24) is 0 Å². The molecule has 0 radical (unpaired) electrons. The van der Waals surface area contributed by atoms with Gasteiger partial charge in [0.25, 0.3) is 0 Å². The highest BCUT2D eigenvalue weighted by atomic mass is 35.5. The third kappa shape index (κ3) is 8.47. The maximum Gasteiger partial charge on any atom is 0.213 e. The first kappa shape index (κ1) is 19.7. The van der Waals surface area contributed by atoms with Gasteiger partial charge >= 0.3 is 0 Å². The summed E-state index contributed by atoms with van der Waals surface area (Å²) in [5, 5.41) is 14.0. The minimum absolute atomic E-state index is 0.130. The van der Waals surface area contributed by atoms with E-state index < -0.39 is 10.0 Å². The predicted octanol–water partition coefficient (Wildman–Crippen LogP) is 2.67. The highest BCUT2D eigenvalue weighted by Gasteiger charge is 2.08. The third-order valence-corrected chi connectivity index (χ3v) is 2.72. The van der Waals surface area contributed by atoms with Crippen LogP contribution in [-0.2, 0) is 22.4 Å².